The summed E-state index contributed by atoms with van der Waals surface area (Å²) in [4.78, 5) is 19.3. The van der Waals surface area contributed by atoms with Crippen molar-refractivity contribution in [2.24, 2.45) is 5.41 Å². The molecule has 5 nitrogen and oxygen atoms in total. The highest BCUT2D eigenvalue weighted by atomic mass is 32.1. The Bertz CT molecular complexity index is 1170. The monoisotopic (exact) mass is 419 g/mol. The van der Waals surface area contributed by atoms with Gasteiger partial charge in [0.25, 0.3) is 0 Å². The van der Waals surface area contributed by atoms with E-state index in [-0.39, 0.29) is 17.2 Å². The molecular weight excluding hydrogens is 394 g/mol. The molecule has 1 atom stereocenters. The largest absolute Gasteiger partial charge is 0.377 e. The summed E-state index contributed by atoms with van der Waals surface area (Å²) in [5.41, 5.74) is 3.94. The highest BCUT2D eigenvalue weighted by molar-refractivity contribution is 7.18. The number of hydrogen-bond acceptors (Lipinski definition) is 5. The number of anilines is 1. The Balaban J connectivity index is 1.52. The number of para-hydroxylation sites is 1. The van der Waals surface area contributed by atoms with Crippen LogP contribution >= 0.6 is 11.3 Å². The number of Topliss-reactive ketones (excluding diaryl/α,β-unsaturated/α-hetero) is 1. The molecule has 6 heteroatoms. The Labute approximate surface area is 180 Å². The predicted molar refractivity (Wildman–Crippen MR) is 119 cm³/mol. The van der Waals surface area contributed by atoms with Gasteiger partial charge in [0.1, 0.15) is 11.1 Å². The van der Waals surface area contributed by atoms with Crippen molar-refractivity contribution >= 4 is 33.0 Å². The van der Waals surface area contributed by atoms with Crippen LogP contribution in [0.2, 0.25) is 0 Å². The Morgan fingerprint density at radius 1 is 1.33 bits per heavy atom. The molecular formula is C24H25N3O2S. The van der Waals surface area contributed by atoms with Gasteiger partial charge in [0.05, 0.1) is 29.7 Å². The van der Waals surface area contributed by atoms with Gasteiger partial charge in [0.2, 0.25) is 0 Å². The van der Waals surface area contributed by atoms with Crippen LogP contribution < -0.4 is 4.90 Å². The van der Waals surface area contributed by atoms with Crippen LogP contribution in [0.25, 0.3) is 10.9 Å². The molecule has 1 saturated heterocycles. The number of ketones is 1. The number of thiophene rings is 1. The molecule has 1 aliphatic heterocycles. The SMILES string of the molecule is CC1(C)CC(=O)c2sc(N3CCOC[C@@H]3Cc3c[nH]c4ccccc34)c(C#N)c2C1. The normalized spacial score (nSPS) is 20.9. The van der Waals surface area contributed by atoms with Gasteiger partial charge in [-0.2, -0.15) is 5.26 Å². The van der Waals surface area contributed by atoms with Gasteiger partial charge in [-0.1, -0.05) is 32.0 Å². The van der Waals surface area contributed by atoms with Gasteiger partial charge in [0.15, 0.2) is 5.78 Å². The van der Waals surface area contributed by atoms with Gasteiger partial charge in [0, 0.05) is 30.1 Å². The summed E-state index contributed by atoms with van der Waals surface area (Å²) in [6, 6.07) is 10.9. The van der Waals surface area contributed by atoms with E-state index in [1.54, 1.807) is 0 Å². The topological polar surface area (TPSA) is 69.1 Å². The van der Waals surface area contributed by atoms with E-state index >= 15 is 0 Å². The second kappa shape index (κ2) is 7.26. The van der Waals surface area contributed by atoms with E-state index < -0.39 is 0 Å². The lowest BCUT2D eigenvalue weighted by Crippen LogP contribution is -2.46. The Morgan fingerprint density at radius 3 is 3.00 bits per heavy atom. The zero-order valence-corrected chi connectivity index (χ0v) is 18.1. The molecule has 3 heterocycles. The fraction of sp³-hybridized carbons (Fsp3) is 0.417. The number of aromatic nitrogens is 1. The number of aromatic amines is 1. The lowest BCUT2D eigenvalue weighted by Gasteiger charge is -2.36. The number of fused-ring (bicyclic) bond motifs is 2. The summed E-state index contributed by atoms with van der Waals surface area (Å²) in [6.45, 7) is 6.21. The molecule has 0 amide bonds. The number of ether oxygens (including phenoxy) is 1. The Morgan fingerprint density at radius 2 is 2.17 bits per heavy atom. The van der Waals surface area contributed by atoms with Gasteiger partial charge in [-0.3, -0.25) is 4.79 Å². The molecule has 1 aromatic carbocycles. The zero-order chi connectivity index (χ0) is 20.9. The molecule has 1 fully saturated rings. The second-order valence-electron chi connectivity index (χ2n) is 9.13. The van der Waals surface area contributed by atoms with Crippen LogP contribution in [-0.2, 0) is 17.6 Å². The van der Waals surface area contributed by atoms with E-state index in [0.717, 1.165) is 40.3 Å². The molecule has 0 saturated carbocycles. The van der Waals surface area contributed by atoms with Gasteiger partial charge < -0.3 is 14.6 Å². The number of nitrogens with zero attached hydrogens (tertiary/aromatic N) is 2. The minimum absolute atomic E-state index is 0.0948. The number of carbonyl (C=O) groups excluding carboxylic acids is 1. The first kappa shape index (κ1) is 19.3. The molecule has 2 aliphatic rings. The van der Waals surface area contributed by atoms with Crippen molar-refractivity contribution in [3.8, 4) is 6.07 Å². The lowest BCUT2D eigenvalue weighted by atomic mass is 9.75. The van der Waals surface area contributed by atoms with Gasteiger partial charge in [-0.05, 0) is 35.4 Å². The number of rotatable bonds is 3. The first-order valence-electron chi connectivity index (χ1n) is 10.5. The van der Waals surface area contributed by atoms with E-state index in [1.165, 1.54) is 22.3 Å². The molecule has 3 aromatic rings. The van der Waals surface area contributed by atoms with Crippen LogP contribution in [0, 0.1) is 16.7 Å². The van der Waals surface area contributed by atoms with Crippen molar-refractivity contribution in [3.05, 3.63) is 52.0 Å². The van der Waals surface area contributed by atoms with Gasteiger partial charge in [-0.25, -0.2) is 0 Å². The molecule has 0 unspecified atom stereocenters. The minimum Gasteiger partial charge on any atom is -0.377 e. The van der Waals surface area contributed by atoms with E-state index in [0.29, 0.717) is 25.2 Å². The fourth-order valence-electron chi connectivity index (χ4n) is 4.86. The summed E-state index contributed by atoms with van der Waals surface area (Å²) in [5, 5.41) is 12.2. The summed E-state index contributed by atoms with van der Waals surface area (Å²) in [5.74, 6) is 0.176. The molecule has 1 aliphatic carbocycles. The molecule has 0 radical (unpaired) electrons. The van der Waals surface area contributed by atoms with E-state index in [9.17, 15) is 10.1 Å². The highest BCUT2D eigenvalue weighted by Gasteiger charge is 2.38. The van der Waals surface area contributed by atoms with Gasteiger partial charge >= 0.3 is 0 Å². The summed E-state index contributed by atoms with van der Waals surface area (Å²) >= 11 is 1.51. The van der Waals surface area contributed by atoms with Crippen LogP contribution in [0.3, 0.4) is 0 Å². The van der Waals surface area contributed by atoms with E-state index in [2.05, 4.69) is 54.2 Å². The summed E-state index contributed by atoms with van der Waals surface area (Å²) < 4.78 is 5.83. The highest BCUT2D eigenvalue weighted by Crippen LogP contribution is 2.45. The molecule has 30 heavy (non-hydrogen) atoms. The first-order valence-corrected chi connectivity index (χ1v) is 11.3. The van der Waals surface area contributed by atoms with Crippen molar-refractivity contribution in [2.45, 2.75) is 39.2 Å². The first-order chi connectivity index (χ1) is 14.5. The predicted octanol–water partition coefficient (Wildman–Crippen LogP) is 4.70. The van der Waals surface area contributed by atoms with E-state index in [1.807, 2.05) is 6.07 Å². The Hall–Kier alpha value is -2.62. The third kappa shape index (κ3) is 3.23. The fourth-order valence-corrected chi connectivity index (χ4v) is 6.17. The molecule has 1 N–H and O–H groups in total. The molecule has 5 rings (SSSR count). The molecule has 2 aromatic heterocycles. The van der Waals surface area contributed by atoms with Crippen LogP contribution in [0.15, 0.2) is 30.5 Å². The average molecular weight is 420 g/mol. The summed E-state index contributed by atoms with van der Waals surface area (Å²) in [6.07, 6.45) is 4.24. The van der Waals surface area contributed by atoms with E-state index in [4.69, 9.17) is 4.74 Å². The summed E-state index contributed by atoms with van der Waals surface area (Å²) in [7, 11) is 0. The smallest absolute Gasteiger partial charge is 0.173 e. The maximum Gasteiger partial charge on any atom is 0.173 e. The number of nitriles is 1. The maximum atomic E-state index is 12.8. The van der Waals surface area contributed by atoms with Crippen LogP contribution in [0.4, 0.5) is 5.00 Å². The van der Waals surface area contributed by atoms with Crippen molar-refractivity contribution < 1.29 is 9.53 Å². The van der Waals surface area contributed by atoms with Crippen molar-refractivity contribution in [1.82, 2.24) is 4.98 Å². The van der Waals surface area contributed by atoms with Crippen molar-refractivity contribution in [1.29, 1.82) is 5.26 Å². The number of benzene rings is 1. The van der Waals surface area contributed by atoms with Crippen molar-refractivity contribution in [2.75, 3.05) is 24.7 Å². The quantitative estimate of drug-likeness (QED) is 0.668. The zero-order valence-electron chi connectivity index (χ0n) is 17.3. The minimum atomic E-state index is -0.0948. The van der Waals surface area contributed by atoms with Crippen LogP contribution in [0.5, 0.6) is 0 Å². The number of morpholine rings is 1. The van der Waals surface area contributed by atoms with Crippen LogP contribution in [0.1, 0.15) is 46.6 Å². The average Bonchev–Trinajstić information content (AvgIpc) is 3.29. The van der Waals surface area contributed by atoms with Gasteiger partial charge in [-0.15, -0.1) is 11.3 Å². The Kier molecular flexibility index (Phi) is 4.68. The number of carbonyl (C=O) groups is 1. The lowest BCUT2D eigenvalue weighted by molar-refractivity contribution is 0.0917. The third-order valence-corrected chi connectivity index (χ3v) is 7.58. The molecule has 0 spiro atoms. The molecule has 154 valence electrons. The number of hydrogen-bond donors (Lipinski definition) is 1. The second-order valence-corrected chi connectivity index (χ2v) is 10.1. The van der Waals surface area contributed by atoms with Crippen LogP contribution in [-0.4, -0.2) is 36.6 Å². The molecule has 0 bridgehead atoms. The van der Waals surface area contributed by atoms with Crippen molar-refractivity contribution in [3.63, 3.8) is 0 Å². The number of H-pyrrole nitrogens is 1. The standard InChI is InChI=1S/C24H25N3O2S/c1-24(2)10-18-19(12-25)23(30-22(18)21(28)11-24)27-7-8-29-14-16(27)9-15-13-26-20-6-4-3-5-17(15)20/h3-6,13,16,26H,7-11,14H2,1-2H3/t16-/m0/s1. The maximum absolute atomic E-state index is 12.8. The number of nitrogens with one attached hydrogen (secondary N) is 1. The third-order valence-electron chi connectivity index (χ3n) is 6.27.